The molecule has 0 unspecified atom stereocenters. The number of hydrogen-bond acceptors (Lipinski definition) is 5. The summed E-state index contributed by atoms with van der Waals surface area (Å²) in [6, 6.07) is 4.22. The molecule has 1 saturated carbocycles. The van der Waals surface area contributed by atoms with Crippen LogP contribution in [0.25, 0.3) is 0 Å². The molecule has 1 aromatic heterocycles. The number of aromatic nitrogens is 2. The molecule has 2 aliphatic heterocycles. The van der Waals surface area contributed by atoms with Crippen LogP contribution < -0.4 is 10.6 Å². The van der Waals surface area contributed by atoms with Crippen LogP contribution in [0.5, 0.6) is 0 Å². The summed E-state index contributed by atoms with van der Waals surface area (Å²) in [5.41, 5.74) is -0.108. The first-order chi connectivity index (χ1) is 11.8. The molecule has 0 aromatic carbocycles. The predicted octanol–water partition coefficient (Wildman–Crippen LogP) is 2.08. The first kappa shape index (κ1) is 18.4. The van der Waals surface area contributed by atoms with Crippen LogP contribution in [-0.4, -0.2) is 53.2 Å². The van der Waals surface area contributed by atoms with Gasteiger partial charge in [-0.25, -0.2) is 0 Å². The Labute approximate surface area is 155 Å². The highest BCUT2D eigenvalue weighted by Gasteiger charge is 2.51. The minimum Gasteiger partial charge on any atom is -0.366 e. The van der Waals surface area contributed by atoms with E-state index in [1.54, 1.807) is 6.20 Å². The second kappa shape index (κ2) is 7.87. The zero-order valence-electron chi connectivity index (χ0n) is 14.6. The van der Waals surface area contributed by atoms with Crippen molar-refractivity contribution in [2.45, 2.75) is 44.6 Å². The smallest absolute Gasteiger partial charge is 0.230 e. The summed E-state index contributed by atoms with van der Waals surface area (Å²) in [4.78, 5) is 15.4. The van der Waals surface area contributed by atoms with E-state index in [1.165, 1.54) is 19.3 Å². The quantitative estimate of drug-likeness (QED) is 0.858. The van der Waals surface area contributed by atoms with Gasteiger partial charge in [0.15, 0.2) is 0 Å². The van der Waals surface area contributed by atoms with Crippen LogP contribution in [0.3, 0.4) is 0 Å². The van der Waals surface area contributed by atoms with E-state index in [0.29, 0.717) is 17.9 Å². The predicted molar refractivity (Wildman–Crippen MR) is 99.8 cm³/mol. The van der Waals surface area contributed by atoms with Gasteiger partial charge in [-0.15, -0.1) is 17.5 Å². The van der Waals surface area contributed by atoms with Crippen molar-refractivity contribution in [3.63, 3.8) is 0 Å². The maximum atomic E-state index is 13.3. The number of nitrogens with zero attached hydrogens (tertiary/aromatic N) is 3. The molecule has 6 nitrogen and oxygen atoms in total. The van der Waals surface area contributed by atoms with Crippen molar-refractivity contribution in [2.75, 3.05) is 31.5 Å². The fourth-order valence-electron chi connectivity index (χ4n) is 4.80. The summed E-state index contributed by atoms with van der Waals surface area (Å²) in [6.07, 6.45) is 8.42. The number of fused-ring (bicyclic) bond motifs is 1. The number of carbonyl (C=O) groups excluding carboxylic acids is 1. The molecule has 3 aliphatic rings. The third kappa shape index (κ3) is 3.60. The van der Waals surface area contributed by atoms with Crippen molar-refractivity contribution < 1.29 is 4.79 Å². The lowest BCUT2D eigenvalue weighted by atomic mass is 9.67. The van der Waals surface area contributed by atoms with Gasteiger partial charge >= 0.3 is 0 Å². The maximum Gasteiger partial charge on any atom is 0.230 e. The summed E-state index contributed by atoms with van der Waals surface area (Å²) in [6.45, 7) is 3.61. The van der Waals surface area contributed by atoms with Gasteiger partial charge < -0.3 is 15.5 Å². The Morgan fingerprint density at radius 1 is 1.28 bits per heavy atom. The summed E-state index contributed by atoms with van der Waals surface area (Å²) in [5, 5.41) is 14.9. The van der Waals surface area contributed by atoms with Crippen molar-refractivity contribution in [1.29, 1.82) is 0 Å². The number of nitrogens with one attached hydrogen (secondary N) is 2. The van der Waals surface area contributed by atoms with Crippen LogP contribution in [0.1, 0.15) is 38.5 Å². The largest absolute Gasteiger partial charge is 0.366 e. The summed E-state index contributed by atoms with van der Waals surface area (Å²) < 4.78 is 0. The molecule has 0 radical (unpaired) electrons. The highest BCUT2D eigenvalue weighted by atomic mass is 35.5. The molecular formula is C18H28ClN5O. The second-order valence-corrected chi connectivity index (χ2v) is 7.55. The lowest BCUT2D eigenvalue weighted by Crippen LogP contribution is -2.53. The van der Waals surface area contributed by atoms with Gasteiger partial charge in [0, 0.05) is 31.9 Å². The molecule has 0 spiro atoms. The SMILES string of the molecule is Cl.O=C(N1CCC(Nc2cccnn2)CC1)[C@@]12CCCC[C@H]1CNC2. The van der Waals surface area contributed by atoms with Gasteiger partial charge in [0.2, 0.25) is 5.91 Å². The lowest BCUT2D eigenvalue weighted by Gasteiger charge is -2.43. The molecule has 3 fully saturated rings. The molecule has 1 aliphatic carbocycles. The van der Waals surface area contributed by atoms with Crippen LogP contribution in [0.15, 0.2) is 18.3 Å². The number of carbonyl (C=O) groups is 1. The molecule has 25 heavy (non-hydrogen) atoms. The molecule has 1 aromatic rings. The molecular weight excluding hydrogens is 338 g/mol. The average Bonchev–Trinajstić information content (AvgIpc) is 3.08. The van der Waals surface area contributed by atoms with Crippen LogP contribution in [0.2, 0.25) is 0 Å². The van der Waals surface area contributed by atoms with Gasteiger partial charge in [0.05, 0.1) is 5.41 Å². The Kier molecular flexibility index (Phi) is 5.79. The van der Waals surface area contributed by atoms with Gasteiger partial charge in [0.1, 0.15) is 5.82 Å². The van der Waals surface area contributed by atoms with E-state index in [0.717, 1.165) is 51.3 Å². The number of rotatable bonds is 3. The third-order valence-corrected chi connectivity index (χ3v) is 6.17. The van der Waals surface area contributed by atoms with E-state index in [9.17, 15) is 4.79 Å². The van der Waals surface area contributed by atoms with Crippen LogP contribution in [-0.2, 0) is 4.79 Å². The monoisotopic (exact) mass is 365 g/mol. The molecule has 138 valence electrons. The van der Waals surface area contributed by atoms with E-state index in [4.69, 9.17) is 0 Å². The molecule has 2 atom stereocenters. The Bertz CT molecular complexity index is 578. The number of anilines is 1. The third-order valence-electron chi connectivity index (χ3n) is 6.17. The maximum absolute atomic E-state index is 13.3. The van der Waals surface area contributed by atoms with E-state index < -0.39 is 0 Å². The first-order valence-corrected chi connectivity index (χ1v) is 9.32. The van der Waals surface area contributed by atoms with Crippen LogP contribution >= 0.6 is 12.4 Å². The molecule has 4 rings (SSSR count). The first-order valence-electron chi connectivity index (χ1n) is 9.32. The van der Waals surface area contributed by atoms with Gasteiger partial charge in [-0.2, -0.15) is 5.10 Å². The van der Waals surface area contributed by atoms with E-state index in [1.807, 2.05) is 12.1 Å². The molecule has 1 amide bonds. The van der Waals surface area contributed by atoms with Gasteiger partial charge in [0.25, 0.3) is 0 Å². The van der Waals surface area contributed by atoms with Crippen molar-refractivity contribution in [2.24, 2.45) is 11.3 Å². The number of halogens is 1. The Morgan fingerprint density at radius 2 is 2.12 bits per heavy atom. The van der Waals surface area contributed by atoms with Crippen molar-refractivity contribution in [3.8, 4) is 0 Å². The highest BCUT2D eigenvalue weighted by Crippen LogP contribution is 2.45. The summed E-state index contributed by atoms with van der Waals surface area (Å²) in [7, 11) is 0. The fourth-order valence-corrected chi connectivity index (χ4v) is 4.80. The van der Waals surface area contributed by atoms with Crippen molar-refractivity contribution in [1.82, 2.24) is 20.4 Å². The normalized spacial score (nSPS) is 29.6. The van der Waals surface area contributed by atoms with E-state index in [2.05, 4.69) is 25.7 Å². The minimum atomic E-state index is -0.108. The van der Waals surface area contributed by atoms with Gasteiger partial charge in [-0.05, 0) is 50.3 Å². The number of likely N-dealkylation sites (tertiary alicyclic amines) is 1. The molecule has 2 saturated heterocycles. The molecule has 2 N–H and O–H groups in total. The van der Waals surface area contributed by atoms with Crippen molar-refractivity contribution in [3.05, 3.63) is 18.3 Å². The highest BCUT2D eigenvalue weighted by molar-refractivity contribution is 5.85. The second-order valence-electron chi connectivity index (χ2n) is 7.55. The van der Waals surface area contributed by atoms with Gasteiger partial charge in [-0.1, -0.05) is 12.8 Å². The standard InChI is InChI=1S/C18H27N5O.ClH/c24-17(18-8-2-1-4-14(18)12-19-13-18)23-10-6-15(7-11-23)21-16-5-3-9-20-22-16;/h3,5,9,14-15,19H,1-2,4,6-8,10-13H2,(H,21,22);1H/t14-,18+;/m0./s1. The Hall–Kier alpha value is -1.40. The van der Waals surface area contributed by atoms with Crippen molar-refractivity contribution >= 4 is 24.1 Å². The Balaban J connectivity index is 0.00000182. The number of amides is 1. The zero-order valence-corrected chi connectivity index (χ0v) is 15.4. The fraction of sp³-hybridized carbons (Fsp3) is 0.722. The van der Waals surface area contributed by atoms with Crippen LogP contribution in [0, 0.1) is 11.3 Å². The molecule has 7 heteroatoms. The molecule has 3 heterocycles. The Morgan fingerprint density at radius 3 is 2.88 bits per heavy atom. The summed E-state index contributed by atoms with van der Waals surface area (Å²) in [5.74, 6) is 1.79. The van der Waals surface area contributed by atoms with Gasteiger partial charge in [-0.3, -0.25) is 4.79 Å². The van der Waals surface area contributed by atoms with Crippen LogP contribution in [0.4, 0.5) is 5.82 Å². The van der Waals surface area contributed by atoms with E-state index in [-0.39, 0.29) is 17.8 Å². The average molecular weight is 366 g/mol. The topological polar surface area (TPSA) is 70.2 Å². The van der Waals surface area contributed by atoms with E-state index >= 15 is 0 Å². The number of hydrogen-bond donors (Lipinski definition) is 2. The molecule has 0 bridgehead atoms. The summed E-state index contributed by atoms with van der Waals surface area (Å²) >= 11 is 0. The lowest BCUT2D eigenvalue weighted by molar-refractivity contribution is -0.146. The minimum absolute atomic E-state index is 0. The zero-order chi connectivity index (χ0) is 16.4. The number of piperidine rings is 1.